The van der Waals surface area contributed by atoms with E-state index in [1.165, 1.54) is 10.4 Å². The largest absolute Gasteiger partial charge is 0.392 e. The molecule has 26 heavy (non-hydrogen) atoms. The van der Waals surface area contributed by atoms with Crippen molar-refractivity contribution in [2.45, 2.75) is 36.2 Å². The molecular weight excluding hydrogens is 396 g/mol. The van der Waals surface area contributed by atoms with Crippen molar-refractivity contribution in [1.29, 1.82) is 0 Å². The standard InChI is InChI=1S/C17H19ClN2O4S2/c18-15-7-8-16(25-15)26(23,24)20-9-1-2-14(20)17(22)19-10-12-3-5-13(11-21)6-4-12/h3-8,14,21H,1-2,9-11H2,(H,19,22)/t14-/m0/s1. The summed E-state index contributed by atoms with van der Waals surface area (Å²) in [4.78, 5) is 12.6. The van der Waals surface area contributed by atoms with Crippen LogP contribution in [0, 0.1) is 0 Å². The van der Waals surface area contributed by atoms with Crippen LogP contribution in [-0.4, -0.2) is 36.3 Å². The van der Waals surface area contributed by atoms with Crippen LogP contribution < -0.4 is 5.32 Å². The summed E-state index contributed by atoms with van der Waals surface area (Å²) in [6, 6.07) is 9.52. The van der Waals surface area contributed by atoms with E-state index in [1.807, 2.05) is 12.1 Å². The summed E-state index contributed by atoms with van der Waals surface area (Å²) in [5, 5.41) is 11.9. The van der Waals surface area contributed by atoms with Gasteiger partial charge in [0, 0.05) is 13.1 Å². The Kier molecular flexibility index (Phi) is 5.99. The molecule has 3 rings (SSSR count). The lowest BCUT2D eigenvalue weighted by atomic mass is 10.1. The van der Waals surface area contributed by atoms with Crippen molar-refractivity contribution in [1.82, 2.24) is 9.62 Å². The Morgan fingerprint density at radius 2 is 1.92 bits per heavy atom. The highest BCUT2D eigenvalue weighted by Crippen LogP contribution is 2.32. The van der Waals surface area contributed by atoms with Crippen LogP contribution in [0.1, 0.15) is 24.0 Å². The highest BCUT2D eigenvalue weighted by Gasteiger charge is 2.39. The number of halogens is 1. The highest BCUT2D eigenvalue weighted by molar-refractivity contribution is 7.91. The molecule has 1 aliphatic heterocycles. The lowest BCUT2D eigenvalue weighted by Crippen LogP contribution is -2.45. The summed E-state index contributed by atoms with van der Waals surface area (Å²) in [6.07, 6.45) is 1.13. The van der Waals surface area contributed by atoms with E-state index in [9.17, 15) is 13.2 Å². The van der Waals surface area contributed by atoms with Gasteiger partial charge in [0.15, 0.2) is 0 Å². The minimum absolute atomic E-state index is 0.0335. The normalized spacial score (nSPS) is 18.2. The van der Waals surface area contributed by atoms with Crippen LogP contribution in [0.15, 0.2) is 40.6 Å². The molecule has 1 atom stereocenters. The molecule has 6 nitrogen and oxygen atoms in total. The lowest BCUT2D eigenvalue weighted by molar-refractivity contribution is -0.124. The van der Waals surface area contributed by atoms with Gasteiger partial charge in [-0.2, -0.15) is 4.31 Å². The summed E-state index contributed by atoms with van der Waals surface area (Å²) in [5.41, 5.74) is 1.68. The molecule has 1 aromatic heterocycles. The molecule has 0 spiro atoms. The van der Waals surface area contributed by atoms with Crippen molar-refractivity contribution in [2.24, 2.45) is 0 Å². The molecule has 0 radical (unpaired) electrons. The van der Waals surface area contributed by atoms with Crippen LogP contribution in [0.3, 0.4) is 0 Å². The monoisotopic (exact) mass is 414 g/mol. The maximum absolute atomic E-state index is 12.8. The number of carbonyl (C=O) groups is 1. The van der Waals surface area contributed by atoms with E-state index in [0.717, 1.165) is 22.5 Å². The average molecular weight is 415 g/mol. The van der Waals surface area contributed by atoms with Gasteiger partial charge in [0.1, 0.15) is 10.3 Å². The van der Waals surface area contributed by atoms with E-state index >= 15 is 0 Å². The van der Waals surface area contributed by atoms with Gasteiger partial charge >= 0.3 is 0 Å². The molecule has 0 aliphatic carbocycles. The van der Waals surface area contributed by atoms with E-state index in [2.05, 4.69) is 5.32 Å². The first-order chi connectivity index (χ1) is 12.4. The molecule has 1 saturated heterocycles. The first kappa shape index (κ1) is 19.3. The number of hydrogen-bond donors (Lipinski definition) is 2. The highest BCUT2D eigenvalue weighted by atomic mass is 35.5. The Hall–Kier alpha value is -1.45. The van der Waals surface area contributed by atoms with Crippen LogP contribution in [0.2, 0.25) is 4.34 Å². The van der Waals surface area contributed by atoms with Crippen molar-refractivity contribution in [3.8, 4) is 0 Å². The van der Waals surface area contributed by atoms with Gasteiger partial charge in [-0.15, -0.1) is 11.3 Å². The molecular formula is C17H19ClN2O4S2. The van der Waals surface area contributed by atoms with E-state index in [0.29, 0.717) is 30.3 Å². The smallest absolute Gasteiger partial charge is 0.253 e. The number of thiophene rings is 1. The van der Waals surface area contributed by atoms with E-state index in [-0.39, 0.29) is 16.7 Å². The van der Waals surface area contributed by atoms with Crippen LogP contribution >= 0.6 is 22.9 Å². The fourth-order valence-electron chi connectivity index (χ4n) is 2.91. The Bertz CT molecular complexity index is 880. The van der Waals surface area contributed by atoms with E-state index < -0.39 is 16.1 Å². The third kappa shape index (κ3) is 4.10. The zero-order valence-corrected chi connectivity index (χ0v) is 16.3. The van der Waals surface area contributed by atoms with E-state index in [4.69, 9.17) is 16.7 Å². The van der Waals surface area contributed by atoms with Gasteiger partial charge in [0.05, 0.1) is 10.9 Å². The molecule has 0 unspecified atom stereocenters. The zero-order chi connectivity index (χ0) is 18.7. The second kappa shape index (κ2) is 8.06. The maximum Gasteiger partial charge on any atom is 0.253 e. The van der Waals surface area contributed by atoms with Gasteiger partial charge in [-0.1, -0.05) is 35.9 Å². The molecule has 1 fully saturated rings. The number of aliphatic hydroxyl groups excluding tert-OH is 1. The minimum Gasteiger partial charge on any atom is -0.392 e. The van der Waals surface area contributed by atoms with Crippen molar-refractivity contribution < 1.29 is 18.3 Å². The van der Waals surface area contributed by atoms with Crippen LogP contribution in [0.5, 0.6) is 0 Å². The number of hydrogen-bond acceptors (Lipinski definition) is 5. The zero-order valence-electron chi connectivity index (χ0n) is 13.9. The average Bonchev–Trinajstić information content (AvgIpc) is 3.30. The molecule has 9 heteroatoms. The quantitative estimate of drug-likeness (QED) is 0.759. The number of amides is 1. The minimum atomic E-state index is -3.73. The lowest BCUT2D eigenvalue weighted by Gasteiger charge is -2.22. The number of benzene rings is 1. The van der Waals surface area contributed by atoms with Crippen molar-refractivity contribution in [2.75, 3.05) is 6.54 Å². The summed E-state index contributed by atoms with van der Waals surface area (Å²) < 4.78 is 27.4. The third-order valence-electron chi connectivity index (χ3n) is 4.29. The summed E-state index contributed by atoms with van der Waals surface area (Å²) in [5.74, 6) is -0.306. The topological polar surface area (TPSA) is 86.7 Å². The molecule has 1 aliphatic rings. The number of rotatable bonds is 6. The molecule has 1 amide bonds. The van der Waals surface area contributed by atoms with Gasteiger partial charge in [0.25, 0.3) is 10.0 Å². The molecule has 0 bridgehead atoms. The molecule has 1 aromatic carbocycles. The van der Waals surface area contributed by atoms with Gasteiger partial charge in [-0.25, -0.2) is 8.42 Å². The summed E-state index contributed by atoms with van der Waals surface area (Å²) in [6.45, 7) is 0.592. The third-order valence-corrected chi connectivity index (χ3v) is 7.90. The van der Waals surface area contributed by atoms with Crippen LogP contribution in [0.4, 0.5) is 0 Å². The second-order valence-electron chi connectivity index (χ2n) is 6.02. The fourth-order valence-corrected chi connectivity index (χ4v) is 6.18. The van der Waals surface area contributed by atoms with Gasteiger partial charge in [0.2, 0.25) is 5.91 Å². The number of nitrogens with zero attached hydrogens (tertiary/aromatic N) is 1. The van der Waals surface area contributed by atoms with Gasteiger partial charge in [-0.05, 0) is 36.1 Å². The number of aliphatic hydroxyl groups is 1. The molecule has 140 valence electrons. The van der Waals surface area contributed by atoms with Crippen molar-refractivity contribution in [3.63, 3.8) is 0 Å². The predicted molar refractivity (Wildman–Crippen MR) is 100 cm³/mol. The van der Waals surface area contributed by atoms with Gasteiger partial charge < -0.3 is 10.4 Å². The number of carbonyl (C=O) groups excluding carboxylic acids is 1. The summed E-state index contributed by atoms with van der Waals surface area (Å²) >= 11 is 6.84. The number of nitrogens with one attached hydrogen (secondary N) is 1. The summed E-state index contributed by atoms with van der Waals surface area (Å²) in [7, 11) is -3.73. The Labute approximate surface area is 161 Å². The second-order valence-corrected chi connectivity index (χ2v) is 9.86. The van der Waals surface area contributed by atoms with Gasteiger partial charge in [-0.3, -0.25) is 4.79 Å². The Morgan fingerprint density at radius 1 is 1.23 bits per heavy atom. The fraction of sp³-hybridized carbons (Fsp3) is 0.353. The first-order valence-corrected chi connectivity index (χ1v) is 10.8. The molecule has 2 heterocycles. The van der Waals surface area contributed by atoms with Crippen LogP contribution in [0.25, 0.3) is 0 Å². The van der Waals surface area contributed by atoms with E-state index in [1.54, 1.807) is 18.2 Å². The molecule has 0 saturated carbocycles. The molecule has 2 aromatic rings. The van der Waals surface area contributed by atoms with Crippen LogP contribution in [-0.2, 0) is 28.0 Å². The SMILES string of the molecule is O=C(NCc1ccc(CO)cc1)[C@@H]1CCCN1S(=O)(=O)c1ccc(Cl)s1. The maximum atomic E-state index is 12.8. The van der Waals surface area contributed by atoms with Crippen molar-refractivity contribution >= 4 is 38.9 Å². The Balaban J connectivity index is 1.68. The first-order valence-electron chi connectivity index (χ1n) is 8.15. The Morgan fingerprint density at radius 3 is 2.54 bits per heavy atom. The molecule has 2 N–H and O–H groups in total. The van der Waals surface area contributed by atoms with Crippen molar-refractivity contribution in [3.05, 3.63) is 51.9 Å². The number of sulfonamides is 1. The predicted octanol–water partition coefficient (Wildman–Crippen LogP) is 2.36.